The highest BCUT2D eigenvalue weighted by Crippen LogP contribution is 2.46. The monoisotopic (exact) mass is 489 g/mol. The molecule has 0 saturated carbocycles. The van der Waals surface area contributed by atoms with Crippen LogP contribution < -0.4 is 5.32 Å². The molecular weight excluding hydrogens is 458 g/mol. The SMILES string of the molecule is CC(C)N1CCC2(CC1)CNc1ccc(-c3ncc4c(n3)C(Cc3ccc5ncccc5c3)N=N4)cc12. The number of likely N-dealkylation sites (tertiary alicyclic amines) is 1. The minimum absolute atomic E-state index is 0.103. The summed E-state index contributed by atoms with van der Waals surface area (Å²) >= 11 is 0. The fraction of sp³-hybridized carbons (Fsp3) is 0.367. The van der Waals surface area contributed by atoms with E-state index in [4.69, 9.17) is 9.97 Å². The number of nitrogens with zero attached hydrogens (tertiary/aromatic N) is 6. The molecule has 1 saturated heterocycles. The van der Waals surface area contributed by atoms with E-state index in [1.807, 2.05) is 18.5 Å². The van der Waals surface area contributed by atoms with Crippen molar-refractivity contribution in [1.82, 2.24) is 19.9 Å². The molecule has 1 N–H and O–H groups in total. The smallest absolute Gasteiger partial charge is 0.159 e. The van der Waals surface area contributed by atoms with Gasteiger partial charge in [0, 0.05) is 47.3 Å². The summed E-state index contributed by atoms with van der Waals surface area (Å²) in [6, 6.07) is 17.6. The Balaban J connectivity index is 1.17. The van der Waals surface area contributed by atoms with Gasteiger partial charge in [0.2, 0.25) is 0 Å². The molecule has 1 spiro atoms. The Kier molecular flexibility index (Phi) is 5.29. The van der Waals surface area contributed by atoms with Gasteiger partial charge in [-0.25, -0.2) is 9.97 Å². The zero-order valence-electron chi connectivity index (χ0n) is 21.4. The molecule has 186 valence electrons. The van der Waals surface area contributed by atoms with Gasteiger partial charge in [0.05, 0.1) is 17.4 Å². The summed E-state index contributed by atoms with van der Waals surface area (Å²) in [5, 5.41) is 13.8. The fourth-order valence-corrected chi connectivity index (χ4v) is 6.20. The Labute approximate surface area is 217 Å². The Hall–Kier alpha value is -3.71. The lowest BCUT2D eigenvalue weighted by Crippen LogP contribution is -2.46. The van der Waals surface area contributed by atoms with E-state index in [-0.39, 0.29) is 11.5 Å². The van der Waals surface area contributed by atoms with E-state index in [1.165, 1.54) is 29.7 Å². The molecule has 37 heavy (non-hydrogen) atoms. The Morgan fingerprint density at radius 2 is 1.95 bits per heavy atom. The molecule has 0 aliphatic carbocycles. The van der Waals surface area contributed by atoms with Crippen molar-refractivity contribution in [2.45, 2.75) is 50.6 Å². The third kappa shape index (κ3) is 3.89. The first kappa shape index (κ1) is 22.5. The predicted octanol–water partition coefficient (Wildman–Crippen LogP) is 6.24. The van der Waals surface area contributed by atoms with Crippen molar-refractivity contribution < 1.29 is 0 Å². The van der Waals surface area contributed by atoms with Gasteiger partial charge in [-0.3, -0.25) is 4.98 Å². The van der Waals surface area contributed by atoms with Gasteiger partial charge in [0.25, 0.3) is 0 Å². The largest absolute Gasteiger partial charge is 0.384 e. The standard InChI is InChI=1S/C30H31N7/c1-19(2)37-12-9-30(10-13-37)18-33-25-8-6-22(16-23(25)30)29-32-17-27-28(34-29)26(35-36-27)15-20-5-7-24-21(14-20)4-3-11-31-24/h3-8,11,14,16-17,19,26,33H,9-10,12-13,15,18H2,1-2H3. The number of anilines is 1. The average Bonchev–Trinajstić information content (AvgIpc) is 3.49. The van der Waals surface area contributed by atoms with Crippen molar-refractivity contribution in [2.24, 2.45) is 10.2 Å². The molecule has 7 heteroatoms. The second kappa shape index (κ2) is 8.70. The first-order chi connectivity index (χ1) is 18.1. The molecule has 1 fully saturated rings. The summed E-state index contributed by atoms with van der Waals surface area (Å²) in [5.41, 5.74) is 7.85. The highest BCUT2D eigenvalue weighted by atomic mass is 15.2. The van der Waals surface area contributed by atoms with Gasteiger partial charge in [-0.1, -0.05) is 12.1 Å². The zero-order chi connectivity index (χ0) is 25.0. The van der Waals surface area contributed by atoms with Crippen LogP contribution in [0, 0.1) is 0 Å². The van der Waals surface area contributed by atoms with Crippen molar-refractivity contribution in [3.8, 4) is 11.4 Å². The van der Waals surface area contributed by atoms with Crippen molar-refractivity contribution >= 4 is 22.3 Å². The second-order valence-corrected chi connectivity index (χ2v) is 11.0. The molecule has 3 aliphatic heterocycles. The van der Waals surface area contributed by atoms with Gasteiger partial charge in [-0.05, 0) is 87.3 Å². The van der Waals surface area contributed by atoms with Gasteiger partial charge in [0.1, 0.15) is 11.7 Å². The van der Waals surface area contributed by atoms with E-state index in [9.17, 15) is 0 Å². The van der Waals surface area contributed by atoms with Crippen LogP contribution in [0.4, 0.5) is 11.4 Å². The number of benzene rings is 2. The average molecular weight is 490 g/mol. The molecule has 1 atom stereocenters. The molecule has 7 nitrogen and oxygen atoms in total. The lowest BCUT2D eigenvalue weighted by atomic mass is 9.73. The Morgan fingerprint density at radius 3 is 2.81 bits per heavy atom. The second-order valence-electron chi connectivity index (χ2n) is 11.0. The summed E-state index contributed by atoms with van der Waals surface area (Å²) in [5.74, 6) is 0.753. The highest BCUT2D eigenvalue weighted by molar-refractivity contribution is 5.79. The van der Waals surface area contributed by atoms with Crippen LogP contribution >= 0.6 is 0 Å². The maximum absolute atomic E-state index is 5.02. The number of fused-ring (bicyclic) bond motifs is 4. The van der Waals surface area contributed by atoms with Crippen LogP contribution in [-0.2, 0) is 11.8 Å². The number of pyridine rings is 1. The fourth-order valence-electron chi connectivity index (χ4n) is 6.20. The van der Waals surface area contributed by atoms with Crippen LogP contribution in [0.25, 0.3) is 22.3 Å². The van der Waals surface area contributed by atoms with Crippen LogP contribution in [0.1, 0.15) is 49.6 Å². The Bertz CT molecular complexity index is 1520. The normalized spacial score (nSPS) is 19.9. The van der Waals surface area contributed by atoms with Crippen molar-refractivity contribution in [3.05, 3.63) is 77.7 Å². The summed E-state index contributed by atoms with van der Waals surface area (Å²) in [4.78, 5) is 16.7. The molecule has 2 aromatic heterocycles. The van der Waals surface area contributed by atoms with Crippen LogP contribution in [0.15, 0.2) is 71.2 Å². The number of hydrogen-bond donors (Lipinski definition) is 1. The minimum Gasteiger partial charge on any atom is -0.384 e. The van der Waals surface area contributed by atoms with E-state index < -0.39 is 0 Å². The lowest BCUT2D eigenvalue weighted by molar-refractivity contribution is 0.137. The molecule has 4 aromatic rings. The van der Waals surface area contributed by atoms with Gasteiger partial charge < -0.3 is 10.2 Å². The van der Waals surface area contributed by atoms with E-state index in [1.54, 1.807) is 0 Å². The molecule has 7 rings (SSSR count). The van der Waals surface area contributed by atoms with E-state index >= 15 is 0 Å². The quantitative estimate of drug-likeness (QED) is 0.367. The summed E-state index contributed by atoms with van der Waals surface area (Å²) in [6.07, 6.45) is 6.77. The maximum atomic E-state index is 5.02. The van der Waals surface area contributed by atoms with Crippen molar-refractivity contribution in [2.75, 3.05) is 25.0 Å². The molecule has 1 unspecified atom stereocenters. The van der Waals surface area contributed by atoms with Gasteiger partial charge >= 0.3 is 0 Å². The third-order valence-corrected chi connectivity index (χ3v) is 8.47. The number of nitrogens with one attached hydrogen (secondary N) is 1. The van der Waals surface area contributed by atoms with Crippen LogP contribution in [0.5, 0.6) is 0 Å². The number of aromatic nitrogens is 3. The predicted molar refractivity (Wildman–Crippen MR) is 146 cm³/mol. The maximum Gasteiger partial charge on any atom is 0.159 e. The number of hydrogen-bond acceptors (Lipinski definition) is 7. The zero-order valence-corrected chi connectivity index (χ0v) is 21.4. The molecule has 3 aliphatic rings. The molecule has 0 bridgehead atoms. The molecule has 5 heterocycles. The molecule has 0 radical (unpaired) electrons. The van der Waals surface area contributed by atoms with Crippen LogP contribution in [0.3, 0.4) is 0 Å². The molecule has 0 amide bonds. The first-order valence-electron chi connectivity index (χ1n) is 13.3. The van der Waals surface area contributed by atoms with Crippen LogP contribution in [0.2, 0.25) is 0 Å². The van der Waals surface area contributed by atoms with Crippen molar-refractivity contribution in [3.63, 3.8) is 0 Å². The Morgan fingerprint density at radius 1 is 1.05 bits per heavy atom. The number of azo groups is 1. The van der Waals surface area contributed by atoms with Gasteiger partial charge in [0.15, 0.2) is 5.82 Å². The number of rotatable bonds is 4. The van der Waals surface area contributed by atoms with Gasteiger partial charge in [-0.15, -0.1) is 0 Å². The highest BCUT2D eigenvalue weighted by Gasteiger charge is 2.42. The topological polar surface area (TPSA) is 78.7 Å². The lowest BCUT2D eigenvalue weighted by Gasteiger charge is -2.41. The molecular formula is C30H31N7. The summed E-state index contributed by atoms with van der Waals surface area (Å²) in [7, 11) is 0. The van der Waals surface area contributed by atoms with E-state index in [0.29, 0.717) is 6.04 Å². The van der Waals surface area contributed by atoms with Crippen LogP contribution in [-0.4, -0.2) is 45.5 Å². The minimum atomic E-state index is -0.103. The first-order valence-corrected chi connectivity index (χ1v) is 13.3. The third-order valence-electron chi connectivity index (χ3n) is 8.47. The van der Waals surface area contributed by atoms with E-state index in [0.717, 1.165) is 59.7 Å². The number of piperidine rings is 1. The van der Waals surface area contributed by atoms with Crippen molar-refractivity contribution in [1.29, 1.82) is 0 Å². The van der Waals surface area contributed by atoms with E-state index in [2.05, 4.69) is 81.7 Å². The summed E-state index contributed by atoms with van der Waals surface area (Å²) < 4.78 is 0. The van der Waals surface area contributed by atoms with Gasteiger partial charge in [-0.2, -0.15) is 10.2 Å². The molecule has 2 aromatic carbocycles. The summed E-state index contributed by atoms with van der Waals surface area (Å²) in [6.45, 7) is 7.90.